The molecule has 2 aliphatic rings. The first-order valence-electron chi connectivity index (χ1n) is 18.8. The molecule has 0 aromatic heterocycles. The number of nitrogens with two attached hydrogens (primary N) is 1. The number of hydrogen-bond donors (Lipinski definition) is 5. The second kappa shape index (κ2) is 18.7. The second-order valence-electron chi connectivity index (χ2n) is 15.0. The van der Waals surface area contributed by atoms with Gasteiger partial charge in [-0.05, 0) is 132 Å². The molecule has 2 fully saturated rings. The zero-order valence-electron chi connectivity index (χ0n) is 32.9. The third-order valence-corrected chi connectivity index (χ3v) is 11.5. The summed E-state index contributed by atoms with van der Waals surface area (Å²) in [6, 6.07) is 19.1. The van der Waals surface area contributed by atoms with Gasteiger partial charge in [0.2, 0.25) is 21.8 Å². The zero-order chi connectivity index (χ0) is 42.1. The van der Waals surface area contributed by atoms with Crippen LogP contribution in [0, 0.1) is 0 Å². The second-order valence-corrected chi connectivity index (χ2v) is 17.0. The molecule has 17 heteroatoms. The van der Waals surface area contributed by atoms with Crippen molar-refractivity contribution in [3.63, 3.8) is 0 Å². The molecule has 2 saturated heterocycles. The Morgan fingerprint density at radius 3 is 1.68 bits per heavy atom. The Morgan fingerprint density at radius 2 is 1.25 bits per heavy atom. The average Bonchev–Trinajstić information content (AvgIpc) is 3.15. The van der Waals surface area contributed by atoms with Crippen LogP contribution in [0.1, 0.15) is 71.4 Å². The van der Waals surface area contributed by atoms with Gasteiger partial charge in [-0.25, -0.2) is 13.2 Å². The number of nitrogens with zero attached hydrogens (tertiary/aromatic N) is 1. The van der Waals surface area contributed by atoms with E-state index in [-0.39, 0.29) is 36.7 Å². The number of piperidine rings is 2. The van der Waals surface area contributed by atoms with Crippen molar-refractivity contribution in [3.8, 4) is 5.75 Å². The van der Waals surface area contributed by atoms with Gasteiger partial charge >= 0.3 is 12.5 Å². The van der Waals surface area contributed by atoms with E-state index in [1.807, 2.05) is 43.3 Å². The van der Waals surface area contributed by atoms with Crippen LogP contribution in [-0.2, 0) is 37.2 Å². The normalized spacial score (nSPS) is 16.9. The molecule has 5 rings (SSSR count). The number of nitrogens with one attached hydrogen (secondary N) is 4. The predicted molar refractivity (Wildman–Crippen MR) is 211 cm³/mol. The lowest BCUT2D eigenvalue weighted by Gasteiger charge is -2.37. The molecule has 3 amide bonds. The highest BCUT2D eigenvalue weighted by Gasteiger charge is 2.43. The Hall–Kier alpha value is -4.71. The number of alkyl halides is 3. The van der Waals surface area contributed by atoms with Crippen molar-refractivity contribution < 1.29 is 45.4 Å². The van der Waals surface area contributed by atoms with Crippen LogP contribution in [0.3, 0.4) is 0 Å². The minimum atomic E-state index is -4.86. The Bertz CT molecular complexity index is 1920. The van der Waals surface area contributed by atoms with Crippen molar-refractivity contribution in [1.29, 1.82) is 0 Å². The van der Waals surface area contributed by atoms with E-state index < -0.39 is 50.8 Å². The summed E-state index contributed by atoms with van der Waals surface area (Å²) < 4.78 is 72.8. The number of sulfonamides is 1. The van der Waals surface area contributed by atoms with E-state index in [4.69, 9.17) is 10.5 Å². The summed E-state index contributed by atoms with van der Waals surface area (Å²) in [5, 5.41) is 11.8. The highest BCUT2D eigenvalue weighted by molar-refractivity contribution is 7.89. The van der Waals surface area contributed by atoms with E-state index in [9.17, 15) is 36.0 Å². The Labute approximate surface area is 332 Å². The fraction of sp³-hybridized carbons (Fsp3) is 0.475. The van der Waals surface area contributed by atoms with Gasteiger partial charge in [-0.1, -0.05) is 38.1 Å². The molecular weight excluding hydrogens is 766 g/mol. The summed E-state index contributed by atoms with van der Waals surface area (Å²) in [6.07, 6.45) is -2.37. The SMILES string of the molecule is CCc1ccc(NC(=O)C2(N)CCN(S(=O)(=O)c3ccc(OC(F)(F)F)cc3)CC2)cc1.CCc1ccc(NC(=O)C2(NC(=O)OC(C)(C)C)CCNCC2)cc1. The van der Waals surface area contributed by atoms with Crippen molar-refractivity contribution in [3.05, 3.63) is 83.9 Å². The number of alkyl carbamates (subject to hydrolysis) is 1. The summed E-state index contributed by atoms with van der Waals surface area (Å²) in [5.41, 5.74) is 7.14. The maximum atomic E-state index is 12.9. The van der Waals surface area contributed by atoms with Crippen LogP contribution in [-0.4, -0.2) is 79.9 Å². The van der Waals surface area contributed by atoms with Gasteiger partial charge in [0.05, 0.1) is 10.4 Å². The minimum absolute atomic E-state index is 0.00181. The first kappa shape index (κ1) is 45.0. The summed E-state index contributed by atoms with van der Waals surface area (Å²) in [7, 11) is -3.96. The van der Waals surface area contributed by atoms with Crippen LogP contribution >= 0.6 is 0 Å². The minimum Gasteiger partial charge on any atom is -0.444 e. The Balaban J connectivity index is 0.000000261. The van der Waals surface area contributed by atoms with Crippen molar-refractivity contribution in [1.82, 2.24) is 14.9 Å². The van der Waals surface area contributed by atoms with Gasteiger partial charge in [0.25, 0.3) is 0 Å². The first-order valence-corrected chi connectivity index (χ1v) is 20.3. The number of ether oxygens (including phenoxy) is 2. The molecule has 2 aliphatic heterocycles. The summed E-state index contributed by atoms with van der Waals surface area (Å²) in [6.45, 7) is 10.8. The number of rotatable bonds is 10. The summed E-state index contributed by atoms with van der Waals surface area (Å²) in [4.78, 5) is 37.7. The molecular formula is C40H53F3N6O7S. The molecule has 0 spiro atoms. The van der Waals surface area contributed by atoms with Crippen molar-refractivity contribution in [2.75, 3.05) is 36.8 Å². The summed E-state index contributed by atoms with van der Waals surface area (Å²) in [5.74, 6) is -1.11. The third kappa shape index (κ3) is 12.9. The number of carbonyl (C=O) groups is 3. The van der Waals surface area contributed by atoms with Crippen LogP contribution in [0.2, 0.25) is 0 Å². The summed E-state index contributed by atoms with van der Waals surface area (Å²) >= 11 is 0. The quantitative estimate of drug-likeness (QED) is 0.162. The van der Waals surface area contributed by atoms with Gasteiger partial charge < -0.3 is 36.5 Å². The lowest BCUT2D eigenvalue weighted by Crippen LogP contribution is -2.61. The first-order chi connectivity index (χ1) is 26.7. The molecule has 0 unspecified atom stereocenters. The monoisotopic (exact) mass is 818 g/mol. The number of hydrogen-bond acceptors (Lipinski definition) is 9. The molecule has 3 aromatic rings. The van der Waals surface area contributed by atoms with Gasteiger partial charge in [-0.15, -0.1) is 13.2 Å². The Kier molecular flexibility index (Phi) is 14.8. The topological polar surface area (TPSA) is 181 Å². The number of anilines is 2. The molecule has 2 heterocycles. The predicted octanol–water partition coefficient (Wildman–Crippen LogP) is 6.10. The third-order valence-electron chi connectivity index (χ3n) is 9.63. The molecule has 312 valence electrons. The van der Waals surface area contributed by atoms with E-state index in [1.54, 1.807) is 32.9 Å². The molecule has 3 aromatic carbocycles. The maximum Gasteiger partial charge on any atom is 0.573 e. The number of amides is 3. The van der Waals surface area contributed by atoms with Gasteiger partial charge in [0.1, 0.15) is 16.9 Å². The zero-order valence-corrected chi connectivity index (χ0v) is 33.7. The van der Waals surface area contributed by atoms with E-state index in [1.165, 1.54) is 9.87 Å². The smallest absolute Gasteiger partial charge is 0.444 e. The van der Waals surface area contributed by atoms with Crippen molar-refractivity contribution in [2.45, 2.75) is 101 Å². The van der Waals surface area contributed by atoms with E-state index in [0.29, 0.717) is 31.6 Å². The van der Waals surface area contributed by atoms with Crippen LogP contribution in [0.5, 0.6) is 5.75 Å². The number of aryl methyl sites for hydroxylation is 2. The van der Waals surface area contributed by atoms with Crippen LogP contribution in [0.4, 0.5) is 29.3 Å². The maximum absolute atomic E-state index is 12.9. The highest BCUT2D eigenvalue weighted by Crippen LogP contribution is 2.29. The van der Waals surface area contributed by atoms with Crippen LogP contribution in [0.15, 0.2) is 77.7 Å². The molecule has 0 aliphatic carbocycles. The molecule has 6 N–H and O–H groups in total. The number of benzene rings is 3. The lowest BCUT2D eigenvalue weighted by atomic mass is 9.87. The largest absolute Gasteiger partial charge is 0.573 e. The van der Waals surface area contributed by atoms with Crippen molar-refractivity contribution in [2.24, 2.45) is 5.73 Å². The van der Waals surface area contributed by atoms with Crippen molar-refractivity contribution >= 4 is 39.3 Å². The van der Waals surface area contributed by atoms with E-state index >= 15 is 0 Å². The highest BCUT2D eigenvalue weighted by atomic mass is 32.2. The molecule has 13 nitrogen and oxygen atoms in total. The van der Waals surface area contributed by atoms with Gasteiger partial charge in [-0.2, -0.15) is 4.31 Å². The average molecular weight is 819 g/mol. The Morgan fingerprint density at radius 1 is 0.772 bits per heavy atom. The number of halogens is 3. The molecule has 0 atom stereocenters. The molecule has 57 heavy (non-hydrogen) atoms. The fourth-order valence-corrected chi connectivity index (χ4v) is 7.67. The fourth-order valence-electron chi connectivity index (χ4n) is 6.23. The van der Waals surface area contributed by atoms with Gasteiger partial charge in [0, 0.05) is 24.5 Å². The van der Waals surface area contributed by atoms with Gasteiger partial charge in [-0.3, -0.25) is 9.59 Å². The molecule has 0 bridgehead atoms. The van der Waals surface area contributed by atoms with E-state index in [2.05, 4.69) is 32.9 Å². The number of carbonyl (C=O) groups excluding carboxylic acids is 3. The molecule has 0 saturated carbocycles. The lowest BCUT2D eigenvalue weighted by molar-refractivity contribution is -0.274. The standard InChI is InChI=1S/C21H24F3N3O4S.C19H29N3O3/c1-2-15-3-5-16(6-4-15)26-19(28)20(25)11-13-27(14-12-20)32(29,30)18-9-7-17(8-10-18)31-21(22,23)24;1-5-14-6-8-15(9-7-14)21-16(23)19(10-12-20-13-11-19)22-17(24)25-18(2,3)4/h3-10H,2,11-14,25H2,1H3,(H,26,28);6-9,20H,5,10-13H2,1-4H3,(H,21,23)(H,22,24). The van der Waals surface area contributed by atoms with Crippen LogP contribution in [0.25, 0.3) is 0 Å². The van der Waals surface area contributed by atoms with Crippen LogP contribution < -0.4 is 31.7 Å². The van der Waals surface area contributed by atoms with Gasteiger partial charge in [0.15, 0.2) is 0 Å². The molecule has 0 radical (unpaired) electrons. The van der Waals surface area contributed by atoms with E-state index in [0.717, 1.165) is 48.4 Å².